The van der Waals surface area contributed by atoms with E-state index < -0.39 is 0 Å². The van der Waals surface area contributed by atoms with Crippen LogP contribution in [0.5, 0.6) is 0 Å². The van der Waals surface area contributed by atoms with Crippen molar-refractivity contribution in [2.24, 2.45) is 0 Å². The second-order valence-electron chi connectivity index (χ2n) is 8.31. The normalized spacial score (nSPS) is 15.5. The lowest BCUT2D eigenvalue weighted by molar-refractivity contribution is 0.0670. The standard InChI is InChI=1S/C24H22Cl2N4O2/c1-15-2-4-16(5-3-15)13-29-10-11-30-22(24(29)32)18-14-28(9-8-21(18)27-30)23(31)17-6-7-19(25)20(26)12-17/h2-7,12H,8-11,13-14H2,1H3. The third-order valence-corrected chi connectivity index (χ3v) is 6.86. The molecule has 164 valence electrons. The van der Waals surface area contributed by atoms with Gasteiger partial charge in [-0.3, -0.25) is 14.3 Å². The zero-order valence-electron chi connectivity index (χ0n) is 17.6. The fourth-order valence-electron chi connectivity index (χ4n) is 4.34. The number of amides is 2. The third-order valence-electron chi connectivity index (χ3n) is 6.12. The topological polar surface area (TPSA) is 58.4 Å². The molecule has 0 N–H and O–H groups in total. The molecular formula is C24H22Cl2N4O2. The number of carbonyl (C=O) groups excluding carboxylic acids is 2. The second-order valence-corrected chi connectivity index (χ2v) is 9.13. The van der Waals surface area contributed by atoms with E-state index in [1.807, 2.05) is 16.5 Å². The maximum absolute atomic E-state index is 13.4. The Hall–Kier alpha value is -2.83. The molecule has 6 nitrogen and oxygen atoms in total. The molecule has 1 aromatic heterocycles. The summed E-state index contributed by atoms with van der Waals surface area (Å²) < 4.78 is 1.81. The number of aromatic nitrogens is 2. The maximum atomic E-state index is 13.4. The molecule has 8 heteroatoms. The van der Waals surface area contributed by atoms with Crippen LogP contribution in [-0.2, 0) is 26.1 Å². The van der Waals surface area contributed by atoms with Gasteiger partial charge in [-0.2, -0.15) is 5.10 Å². The summed E-state index contributed by atoms with van der Waals surface area (Å²) in [7, 11) is 0. The zero-order chi connectivity index (χ0) is 22.4. The summed E-state index contributed by atoms with van der Waals surface area (Å²) in [4.78, 5) is 30.1. The minimum Gasteiger partial charge on any atom is -0.334 e. The van der Waals surface area contributed by atoms with Gasteiger partial charge >= 0.3 is 0 Å². The maximum Gasteiger partial charge on any atom is 0.272 e. The Balaban J connectivity index is 1.39. The van der Waals surface area contributed by atoms with Crippen molar-refractivity contribution < 1.29 is 9.59 Å². The summed E-state index contributed by atoms with van der Waals surface area (Å²) >= 11 is 12.1. The molecule has 32 heavy (non-hydrogen) atoms. The molecule has 2 amide bonds. The Morgan fingerprint density at radius 2 is 1.81 bits per heavy atom. The monoisotopic (exact) mass is 468 g/mol. The Morgan fingerprint density at radius 1 is 1.03 bits per heavy atom. The molecule has 0 aliphatic carbocycles. The Labute approximate surface area is 196 Å². The average Bonchev–Trinajstić information content (AvgIpc) is 3.17. The van der Waals surface area contributed by atoms with Crippen LogP contribution < -0.4 is 0 Å². The van der Waals surface area contributed by atoms with Gasteiger partial charge in [0.15, 0.2) is 0 Å². The van der Waals surface area contributed by atoms with Gasteiger partial charge in [-0.1, -0.05) is 53.0 Å². The van der Waals surface area contributed by atoms with Crippen molar-refractivity contribution in [3.8, 4) is 0 Å². The first-order valence-electron chi connectivity index (χ1n) is 10.6. The van der Waals surface area contributed by atoms with Crippen LogP contribution in [0.1, 0.15) is 43.2 Å². The van der Waals surface area contributed by atoms with Crippen LogP contribution in [0.3, 0.4) is 0 Å². The van der Waals surface area contributed by atoms with Crippen LogP contribution in [0.25, 0.3) is 0 Å². The SMILES string of the molecule is Cc1ccc(CN2CCn3nc4c(c3C2=O)CN(C(=O)c2ccc(Cl)c(Cl)c2)CC4)cc1. The highest BCUT2D eigenvalue weighted by atomic mass is 35.5. The second kappa shape index (κ2) is 8.26. The van der Waals surface area contributed by atoms with E-state index >= 15 is 0 Å². The van der Waals surface area contributed by atoms with Crippen LogP contribution in [0.15, 0.2) is 42.5 Å². The number of aryl methyl sites for hydroxylation is 1. The molecule has 0 atom stereocenters. The molecule has 0 spiro atoms. The van der Waals surface area contributed by atoms with Gasteiger partial charge in [-0.15, -0.1) is 0 Å². The number of hydrogen-bond acceptors (Lipinski definition) is 3. The van der Waals surface area contributed by atoms with Gasteiger partial charge in [0.25, 0.3) is 11.8 Å². The highest BCUT2D eigenvalue weighted by Gasteiger charge is 2.34. The van der Waals surface area contributed by atoms with Crippen molar-refractivity contribution in [3.63, 3.8) is 0 Å². The lowest BCUT2D eigenvalue weighted by Crippen LogP contribution is -2.41. The molecule has 2 aliphatic rings. The molecule has 2 aliphatic heterocycles. The molecule has 0 fully saturated rings. The molecule has 0 saturated heterocycles. The quantitative estimate of drug-likeness (QED) is 0.573. The highest BCUT2D eigenvalue weighted by molar-refractivity contribution is 6.42. The fourth-order valence-corrected chi connectivity index (χ4v) is 4.64. The van der Waals surface area contributed by atoms with Gasteiger partial charge in [0, 0.05) is 37.2 Å². The Bertz CT molecular complexity index is 1220. The molecule has 3 aromatic rings. The van der Waals surface area contributed by atoms with E-state index in [9.17, 15) is 9.59 Å². The summed E-state index contributed by atoms with van der Waals surface area (Å²) in [6, 6.07) is 13.1. The van der Waals surface area contributed by atoms with Gasteiger partial charge in [-0.05, 0) is 30.7 Å². The Kier molecular flexibility index (Phi) is 5.43. The predicted octanol–water partition coefficient (Wildman–Crippen LogP) is 4.35. The first-order valence-corrected chi connectivity index (χ1v) is 11.3. The van der Waals surface area contributed by atoms with Crippen LogP contribution in [0.2, 0.25) is 10.0 Å². The van der Waals surface area contributed by atoms with E-state index in [2.05, 4.69) is 29.4 Å². The number of halogens is 2. The number of nitrogens with zero attached hydrogens (tertiary/aromatic N) is 4. The van der Waals surface area contributed by atoms with E-state index in [-0.39, 0.29) is 11.8 Å². The van der Waals surface area contributed by atoms with Crippen molar-refractivity contribution >= 4 is 35.0 Å². The van der Waals surface area contributed by atoms with E-state index in [0.29, 0.717) is 60.4 Å². The van der Waals surface area contributed by atoms with E-state index in [1.165, 1.54) is 5.56 Å². The molecule has 0 saturated carbocycles. The van der Waals surface area contributed by atoms with Gasteiger partial charge in [0.05, 0.1) is 28.8 Å². The minimum atomic E-state index is -0.131. The van der Waals surface area contributed by atoms with Crippen LogP contribution in [0.4, 0.5) is 0 Å². The predicted molar refractivity (Wildman–Crippen MR) is 123 cm³/mol. The smallest absolute Gasteiger partial charge is 0.272 e. The number of benzene rings is 2. The summed E-state index contributed by atoms with van der Waals surface area (Å²) in [6.07, 6.45) is 0.619. The molecular weight excluding hydrogens is 447 g/mol. The van der Waals surface area contributed by atoms with Gasteiger partial charge in [0.2, 0.25) is 0 Å². The summed E-state index contributed by atoms with van der Waals surface area (Å²) in [5, 5.41) is 5.44. The molecule has 5 rings (SSSR count). The Morgan fingerprint density at radius 3 is 2.56 bits per heavy atom. The first kappa shape index (κ1) is 21.0. The number of carbonyl (C=O) groups is 2. The van der Waals surface area contributed by atoms with Crippen molar-refractivity contribution in [1.82, 2.24) is 19.6 Å². The van der Waals surface area contributed by atoms with E-state index in [1.54, 1.807) is 23.1 Å². The minimum absolute atomic E-state index is 0.0330. The molecule has 3 heterocycles. The van der Waals surface area contributed by atoms with Gasteiger partial charge < -0.3 is 9.80 Å². The molecule has 0 radical (unpaired) electrons. The van der Waals surface area contributed by atoms with Gasteiger partial charge in [0.1, 0.15) is 5.69 Å². The van der Waals surface area contributed by atoms with Crippen LogP contribution >= 0.6 is 23.2 Å². The highest BCUT2D eigenvalue weighted by Crippen LogP contribution is 2.29. The lowest BCUT2D eigenvalue weighted by atomic mass is 10.0. The van der Waals surface area contributed by atoms with Crippen molar-refractivity contribution in [2.45, 2.75) is 33.0 Å². The van der Waals surface area contributed by atoms with Gasteiger partial charge in [-0.25, -0.2) is 0 Å². The van der Waals surface area contributed by atoms with Crippen LogP contribution in [-0.4, -0.2) is 44.5 Å². The lowest BCUT2D eigenvalue weighted by Gasteiger charge is -2.30. The molecule has 0 bridgehead atoms. The number of fused-ring (bicyclic) bond motifs is 3. The third kappa shape index (κ3) is 3.78. The summed E-state index contributed by atoms with van der Waals surface area (Å²) in [6.45, 7) is 4.78. The van der Waals surface area contributed by atoms with Crippen LogP contribution in [0, 0.1) is 6.92 Å². The first-order chi connectivity index (χ1) is 15.4. The molecule has 0 unspecified atom stereocenters. The summed E-state index contributed by atoms with van der Waals surface area (Å²) in [5.74, 6) is -0.164. The van der Waals surface area contributed by atoms with Crippen molar-refractivity contribution in [3.05, 3.63) is 86.2 Å². The van der Waals surface area contributed by atoms with E-state index in [0.717, 1.165) is 16.8 Å². The van der Waals surface area contributed by atoms with E-state index in [4.69, 9.17) is 23.2 Å². The summed E-state index contributed by atoms with van der Waals surface area (Å²) in [5.41, 5.74) is 5.13. The van der Waals surface area contributed by atoms with Crippen molar-refractivity contribution in [1.29, 1.82) is 0 Å². The average molecular weight is 469 g/mol. The number of hydrogen-bond donors (Lipinski definition) is 0. The zero-order valence-corrected chi connectivity index (χ0v) is 19.2. The molecule has 2 aromatic carbocycles. The fraction of sp³-hybridized carbons (Fsp3) is 0.292. The largest absolute Gasteiger partial charge is 0.334 e. The van der Waals surface area contributed by atoms with Crippen molar-refractivity contribution in [2.75, 3.05) is 13.1 Å². The number of rotatable bonds is 3.